The maximum absolute atomic E-state index is 12.6. The van der Waals surface area contributed by atoms with E-state index in [4.69, 9.17) is 16.7 Å². The Labute approximate surface area is 75.8 Å². The number of benzene rings is 1. The zero-order valence-electron chi connectivity index (χ0n) is 6.72. The summed E-state index contributed by atoms with van der Waals surface area (Å²) in [4.78, 5) is 0. The zero-order valence-corrected chi connectivity index (χ0v) is 7.48. The minimum Gasteiger partial charge on any atom is -0.393 e. The van der Waals surface area contributed by atoms with Crippen molar-refractivity contribution in [1.82, 2.24) is 0 Å². The summed E-state index contributed by atoms with van der Waals surface area (Å²) in [5.41, 5.74) is 0.844. The Bertz CT molecular complexity index is 273. The minimum absolute atomic E-state index is 0.105. The summed E-state index contributed by atoms with van der Waals surface area (Å²) in [6.07, 6.45) is 0.0755. The van der Waals surface area contributed by atoms with Crippen molar-refractivity contribution in [3.8, 4) is 0 Å². The highest BCUT2D eigenvalue weighted by Gasteiger charge is 2.02. The molecule has 0 fully saturated rings. The van der Waals surface area contributed by atoms with Gasteiger partial charge in [-0.25, -0.2) is 4.39 Å². The van der Waals surface area contributed by atoms with Gasteiger partial charge in [0.05, 0.1) is 11.1 Å². The first-order valence-electron chi connectivity index (χ1n) is 3.71. The summed E-state index contributed by atoms with van der Waals surface area (Å²) >= 11 is 5.54. The van der Waals surface area contributed by atoms with Crippen LogP contribution < -0.4 is 0 Å². The summed E-state index contributed by atoms with van der Waals surface area (Å²) in [6, 6.07) is 4.46. The fourth-order valence-electron chi connectivity index (χ4n) is 1.01. The van der Waals surface area contributed by atoms with Crippen molar-refractivity contribution in [2.45, 2.75) is 19.4 Å². The zero-order chi connectivity index (χ0) is 9.14. The first kappa shape index (κ1) is 9.49. The number of halogens is 2. The Morgan fingerprint density at radius 1 is 1.58 bits per heavy atom. The molecule has 1 rings (SSSR count). The average Bonchev–Trinajstić information content (AvgIpc) is 1.96. The number of hydrogen-bond donors (Lipinski definition) is 1. The van der Waals surface area contributed by atoms with Gasteiger partial charge in [-0.3, -0.25) is 0 Å². The van der Waals surface area contributed by atoms with Crippen LogP contribution in [0, 0.1) is 5.82 Å². The summed E-state index contributed by atoms with van der Waals surface area (Å²) in [5, 5.41) is 9.13. The first-order chi connectivity index (χ1) is 5.59. The lowest BCUT2D eigenvalue weighted by Crippen LogP contribution is -2.03. The second kappa shape index (κ2) is 3.87. The van der Waals surface area contributed by atoms with Crippen LogP contribution in [0.5, 0.6) is 0 Å². The molecule has 1 atom stereocenters. The monoisotopic (exact) mass is 188 g/mol. The molecule has 0 amide bonds. The third kappa shape index (κ3) is 2.47. The van der Waals surface area contributed by atoms with E-state index in [1.807, 2.05) is 0 Å². The van der Waals surface area contributed by atoms with E-state index >= 15 is 0 Å². The van der Waals surface area contributed by atoms with Crippen LogP contribution in [0.2, 0.25) is 5.02 Å². The molecule has 0 bridgehead atoms. The molecule has 66 valence electrons. The third-order valence-electron chi connectivity index (χ3n) is 1.52. The van der Waals surface area contributed by atoms with Crippen LogP contribution in [0.25, 0.3) is 0 Å². The lowest BCUT2D eigenvalue weighted by molar-refractivity contribution is 0.195. The summed E-state index contributed by atoms with van der Waals surface area (Å²) < 4.78 is 12.6. The van der Waals surface area contributed by atoms with Crippen LogP contribution in [-0.4, -0.2) is 11.2 Å². The molecule has 0 aliphatic carbocycles. The third-order valence-corrected chi connectivity index (χ3v) is 1.80. The maximum Gasteiger partial charge on any atom is 0.141 e. The van der Waals surface area contributed by atoms with Gasteiger partial charge in [-0.1, -0.05) is 17.7 Å². The Morgan fingerprint density at radius 3 is 2.75 bits per heavy atom. The molecule has 1 aromatic carbocycles. The lowest BCUT2D eigenvalue weighted by atomic mass is 10.1. The Hall–Kier alpha value is -0.600. The van der Waals surface area contributed by atoms with Crippen LogP contribution in [0.1, 0.15) is 12.5 Å². The maximum atomic E-state index is 12.6. The smallest absolute Gasteiger partial charge is 0.141 e. The van der Waals surface area contributed by atoms with Gasteiger partial charge in [0.2, 0.25) is 0 Å². The fraction of sp³-hybridized carbons (Fsp3) is 0.333. The Morgan fingerprint density at radius 2 is 2.25 bits per heavy atom. The minimum atomic E-state index is -0.425. The van der Waals surface area contributed by atoms with Gasteiger partial charge < -0.3 is 5.11 Å². The quantitative estimate of drug-likeness (QED) is 0.756. The molecular formula is C9H10ClFO. The fourth-order valence-corrected chi connectivity index (χ4v) is 1.21. The van der Waals surface area contributed by atoms with Crippen LogP contribution in [0.15, 0.2) is 18.2 Å². The van der Waals surface area contributed by atoms with Gasteiger partial charge in [0.25, 0.3) is 0 Å². The van der Waals surface area contributed by atoms with E-state index in [1.54, 1.807) is 13.0 Å². The molecule has 1 aromatic rings. The standard InChI is InChI=1S/C9H10ClFO/c1-6(12)4-7-2-3-9(11)8(10)5-7/h2-3,5-6,12H,4H2,1H3. The van der Waals surface area contributed by atoms with Gasteiger partial charge in [-0.05, 0) is 31.0 Å². The normalized spacial score (nSPS) is 13.0. The van der Waals surface area contributed by atoms with Crippen LogP contribution in [0.4, 0.5) is 4.39 Å². The van der Waals surface area contributed by atoms with Crippen molar-refractivity contribution in [2.75, 3.05) is 0 Å². The average molecular weight is 189 g/mol. The van der Waals surface area contributed by atoms with Crippen molar-refractivity contribution >= 4 is 11.6 Å². The summed E-state index contributed by atoms with van der Waals surface area (Å²) in [7, 11) is 0. The van der Waals surface area contributed by atoms with Crippen LogP contribution >= 0.6 is 11.6 Å². The van der Waals surface area contributed by atoms with E-state index in [2.05, 4.69) is 0 Å². The molecule has 1 N–H and O–H groups in total. The van der Waals surface area contributed by atoms with Gasteiger partial charge in [-0.2, -0.15) is 0 Å². The van der Waals surface area contributed by atoms with Crippen molar-refractivity contribution in [3.63, 3.8) is 0 Å². The van der Waals surface area contributed by atoms with Gasteiger partial charge in [0.15, 0.2) is 0 Å². The molecular weight excluding hydrogens is 179 g/mol. The number of aliphatic hydroxyl groups is 1. The largest absolute Gasteiger partial charge is 0.393 e. The summed E-state index contributed by atoms with van der Waals surface area (Å²) in [5.74, 6) is -0.425. The Kier molecular flexibility index (Phi) is 3.06. The van der Waals surface area contributed by atoms with Gasteiger partial charge >= 0.3 is 0 Å². The SMILES string of the molecule is CC(O)Cc1ccc(F)c(Cl)c1. The van der Waals surface area contributed by atoms with E-state index in [0.29, 0.717) is 6.42 Å². The number of rotatable bonds is 2. The van der Waals surface area contributed by atoms with E-state index in [1.165, 1.54) is 12.1 Å². The molecule has 0 radical (unpaired) electrons. The highest BCUT2D eigenvalue weighted by Crippen LogP contribution is 2.16. The second-order valence-electron chi connectivity index (χ2n) is 2.80. The predicted molar refractivity (Wildman–Crippen MR) is 46.8 cm³/mol. The number of aliphatic hydroxyl groups excluding tert-OH is 1. The highest BCUT2D eigenvalue weighted by atomic mass is 35.5. The lowest BCUT2D eigenvalue weighted by Gasteiger charge is -2.04. The highest BCUT2D eigenvalue weighted by molar-refractivity contribution is 6.30. The van der Waals surface area contributed by atoms with Gasteiger partial charge in [-0.15, -0.1) is 0 Å². The number of hydrogen-bond acceptors (Lipinski definition) is 1. The topological polar surface area (TPSA) is 20.2 Å². The molecule has 0 saturated carbocycles. The predicted octanol–water partition coefficient (Wildman–Crippen LogP) is 2.40. The molecule has 0 saturated heterocycles. The van der Waals surface area contributed by atoms with Crippen LogP contribution in [-0.2, 0) is 6.42 Å². The van der Waals surface area contributed by atoms with Gasteiger partial charge in [0.1, 0.15) is 5.82 Å². The van der Waals surface area contributed by atoms with E-state index < -0.39 is 11.9 Å². The molecule has 0 spiro atoms. The second-order valence-corrected chi connectivity index (χ2v) is 3.21. The molecule has 1 nitrogen and oxygen atoms in total. The van der Waals surface area contributed by atoms with E-state index in [-0.39, 0.29) is 5.02 Å². The van der Waals surface area contributed by atoms with E-state index in [0.717, 1.165) is 5.56 Å². The van der Waals surface area contributed by atoms with E-state index in [9.17, 15) is 4.39 Å². The van der Waals surface area contributed by atoms with Crippen molar-refractivity contribution < 1.29 is 9.50 Å². The molecule has 0 aromatic heterocycles. The molecule has 0 aliphatic rings. The molecule has 0 aliphatic heterocycles. The van der Waals surface area contributed by atoms with Crippen molar-refractivity contribution in [3.05, 3.63) is 34.6 Å². The molecule has 0 heterocycles. The van der Waals surface area contributed by atoms with Crippen LogP contribution in [0.3, 0.4) is 0 Å². The van der Waals surface area contributed by atoms with Gasteiger partial charge in [0, 0.05) is 0 Å². The summed E-state index contributed by atoms with van der Waals surface area (Å²) in [6.45, 7) is 1.68. The molecule has 3 heteroatoms. The Balaban J connectivity index is 2.82. The first-order valence-corrected chi connectivity index (χ1v) is 4.09. The molecule has 1 unspecified atom stereocenters. The van der Waals surface area contributed by atoms with Crippen molar-refractivity contribution in [2.24, 2.45) is 0 Å². The van der Waals surface area contributed by atoms with Crippen molar-refractivity contribution in [1.29, 1.82) is 0 Å². The molecule has 12 heavy (non-hydrogen) atoms.